The average Bonchev–Trinajstić information content (AvgIpc) is 2.94. The fourth-order valence-electron chi connectivity index (χ4n) is 2.85. The van der Waals surface area contributed by atoms with E-state index in [0.717, 1.165) is 64.6 Å². The van der Waals surface area contributed by atoms with Gasteiger partial charge in [0.15, 0.2) is 5.52 Å². The van der Waals surface area contributed by atoms with Gasteiger partial charge in [-0.25, -0.2) is 4.98 Å². The van der Waals surface area contributed by atoms with Gasteiger partial charge >= 0.3 is 0 Å². The molecule has 0 aliphatic carbocycles. The lowest BCUT2D eigenvalue weighted by molar-refractivity contribution is -0.883. The van der Waals surface area contributed by atoms with Gasteiger partial charge in [0.2, 0.25) is 0 Å². The van der Waals surface area contributed by atoms with E-state index in [1.165, 1.54) is 0 Å². The summed E-state index contributed by atoms with van der Waals surface area (Å²) < 4.78 is 2.98. The molecule has 5 nitrogen and oxygen atoms in total. The summed E-state index contributed by atoms with van der Waals surface area (Å²) in [5.41, 5.74) is 2.38. The second-order valence-electron chi connectivity index (χ2n) is 5.88. The number of nitrogens with zero attached hydrogens (tertiary/aromatic N) is 3. The topological polar surface area (TPSA) is 51.2 Å². The first kappa shape index (κ1) is 16.8. The maximum absolute atomic E-state index is 10.2. The third kappa shape index (κ3) is 3.26. The number of aryl methyl sites for hydroxylation is 1. The molecule has 0 amide bonds. The van der Waals surface area contributed by atoms with Crippen molar-refractivity contribution in [1.29, 1.82) is 0 Å². The third-order valence-corrected chi connectivity index (χ3v) is 4.35. The number of aromatic nitrogens is 3. The van der Waals surface area contributed by atoms with Crippen LogP contribution in [-0.2, 0) is 6.42 Å². The number of imidazole rings is 1. The summed E-state index contributed by atoms with van der Waals surface area (Å²) in [6.07, 6.45) is 6.46. The minimum Gasteiger partial charge on any atom is -0.412 e. The van der Waals surface area contributed by atoms with E-state index in [9.17, 15) is 5.21 Å². The Bertz CT molecular complexity index is 832. The van der Waals surface area contributed by atoms with Crippen molar-refractivity contribution in [2.45, 2.75) is 39.0 Å². The molecule has 0 aliphatic heterocycles. The van der Waals surface area contributed by atoms with Gasteiger partial charge in [-0.2, -0.15) is 4.73 Å². The predicted molar refractivity (Wildman–Crippen MR) is 94.6 cm³/mol. The molecule has 0 unspecified atom stereocenters. The number of unbranched alkanes of at least 4 members (excludes halogenated alkanes) is 2. The Labute approximate surface area is 146 Å². The van der Waals surface area contributed by atoms with E-state index in [1.54, 1.807) is 6.20 Å². The fraction of sp³-hybridized carbons (Fsp3) is 0.444. The van der Waals surface area contributed by atoms with E-state index >= 15 is 0 Å². The number of para-hydroxylation sites is 1. The average molecular weight is 349 g/mol. The van der Waals surface area contributed by atoms with Crippen LogP contribution in [0.15, 0.2) is 30.5 Å². The first-order valence-electron chi connectivity index (χ1n) is 8.49. The minimum atomic E-state index is 0.597. The van der Waals surface area contributed by atoms with E-state index < -0.39 is 0 Å². The summed E-state index contributed by atoms with van der Waals surface area (Å²) in [6, 6.07) is 7.72. The molecule has 128 valence electrons. The monoisotopic (exact) mass is 348 g/mol. The highest BCUT2D eigenvalue weighted by molar-refractivity contribution is 6.17. The van der Waals surface area contributed by atoms with Gasteiger partial charge in [0, 0.05) is 23.1 Å². The number of benzene rings is 1. The zero-order chi connectivity index (χ0) is 16.9. The molecule has 0 fully saturated rings. The molecule has 24 heavy (non-hydrogen) atoms. The molecule has 3 aromatic rings. The number of fused-ring (bicyclic) bond motifs is 3. The molecule has 1 aromatic carbocycles. The van der Waals surface area contributed by atoms with Gasteiger partial charge in [0.1, 0.15) is 17.9 Å². The highest BCUT2D eigenvalue weighted by Crippen LogP contribution is 2.23. The molecular formula is C18H23ClN3O2+. The Balaban J connectivity index is 2.10. The molecule has 1 N–H and O–H groups in total. The van der Waals surface area contributed by atoms with Crippen LogP contribution in [-0.4, -0.2) is 27.4 Å². The Morgan fingerprint density at radius 3 is 2.88 bits per heavy atom. The third-order valence-electron chi connectivity index (χ3n) is 4.08. The quantitative estimate of drug-likeness (QED) is 0.293. The summed E-state index contributed by atoms with van der Waals surface area (Å²) in [5.74, 6) is 1.54. The maximum atomic E-state index is 10.2. The fourth-order valence-corrected chi connectivity index (χ4v) is 3.04. The van der Waals surface area contributed by atoms with Crippen molar-refractivity contribution in [3.63, 3.8) is 0 Å². The highest BCUT2D eigenvalue weighted by Gasteiger charge is 2.21. The van der Waals surface area contributed by atoms with Crippen molar-refractivity contribution >= 4 is 33.5 Å². The molecule has 2 heterocycles. The van der Waals surface area contributed by atoms with Gasteiger partial charge in [-0.05, 0) is 25.3 Å². The lowest BCUT2D eigenvalue weighted by Crippen LogP contribution is -2.30. The molecule has 0 saturated carbocycles. The maximum Gasteiger partial charge on any atom is 0.266 e. The smallest absolute Gasteiger partial charge is 0.266 e. The SMILES string of the molecule is CCCCc1nc2c[n+](O)c3ccccc3c2n1OCCCCCl. The zero-order valence-electron chi connectivity index (χ0n) is 13.9. The normalized spacial score (nSPS) is 11.4. The molecule has 3 rings (SSSR count). The zero-order valence-corrected chi connectivity index (χ0v) is 14.7. The summed E-state index contributed by atoms with van der Waals surface area (Å²) >= 11 is 5.75. The van der Waals surface area contributed by atoms with Gasteiger partial charge in [-0.1, -0.05) is 25.5 Å². The number of hydrogen-bond acceptors (Lipinski definition) is 3. The van der Waals surface area contributed by atoms with Gasteiger partial charge in [-0.15, -0.1) is 11.6 Å². The molecular weight excluding hydrogens is 326 g/mol. The van der Waals surface area contributed by atoms with Crippen LogP contribution in [0.5, 0.6) is 0 Å². The van der Waals surface area contributed by atoms with Crippen molar-refractivity contribution in [2.75, 3.05) is 12.5 Å². The van der Waals surface area contributed by atoms with Crippen LogP contribution >= 0.6 is 11.6 Å². The number of rotatable bonds is 8. The standard InChI is InChI=1S/C18H23ClN3O2/c1-2-3-10-17-20-15-13-21(23)16-9-5-4-8-14(16)18(15)22(17)24-12-7-6-11-19/h4-5,8-9,13,23H,2-3,6-7,10-12H2,1H3/q+1. The second kappa shape index (κ2) is 7.71. The predicted octanol–water partition coefficient (Wildman–Crippen LogP) is 3.50. The first-order valence-corrected chi connectivity index (χ1v) is 9.03. The lowest BCUT2D eigenvalue weighted by Gasteiger charge is -2.11. The van der Waals surface area contributed by atoms with Gasteiger partial charge in [-0.3, -0.25) is 5.21 Å². The Morgan fingerprint density at radius 2 is 2.08 bits per heavy atom. The highest BCUT2D eigenvalue weighted by atomic mass is 35.5. The molecule has 0 spiro atoms. The largest absolute Gasteiger partial charge is 0.412 e. The summed E-state index contributed by atoms with van der Waals surface area (Å²) in [7, 11) is 0. The minimum absolute atomic E-state index is 0.597. The summed E-state index contributed by atoms with van der Waals surface area (Å²) in [6.45, 7) is 2.76. The van der Waals surface area contributed by atoms with Crippen molar-refractivity contribution in [3.05, 3.63) is 36.3 Å². The molecule has 0 aliphatic rings. The summed E-state index contributed by atoms with van der Waals surface area (Å²) in [5, 5.41) is 11.1. The number of alkyl halides is 1. The van der Waals surface area contributed by atoms with E-state index in [4.69, 9.17) is 21.4 Å². The van der Waals surface area contributed by atoms with Crippen LogP contribution in [0.25, 0.3) is 21.9 Å². The van der Waals surface area contributed by atoms with Crippen molar-refractivity contribution in [1.82, 2.24) is 9.71 Å². The van der Waals surface area contributed by atoms with Gasteiger partial charge < -0.3 is 4.84 Å². The van der Waals surface area contributed by atoms with Gasteiger partial charge in [0.05, 0.1) is 5.39 Å². The van der Waals surface area contributed by atoms with Crippen molar-refractivity contribution < 1.29 is 14.8 Å². The molecule has 0 bridgehead atoms. The summed E-state index contributed by atoms with van der Waals surface area (Å²) in [4.78, 5) is 10.7. The number of hydrogen-bond donors (Lipinski definition) is 1. The first-order chi connectivity index (χ1) is 11.8. The van der Waals surface area contributed by atoms with Crippen LogP contribution in [0.4, 0.5) is 0 Å². The van der Waals surface area contributed by atoms with Crippen LogP contribution in [0.3, 0.4) is 0 Å². The van der Waals surface area contributed by atoms with Crippen LogP contribution in [0.2, 0.25) is 0 Å². The van der Waals surface area contributed by atoms with E-state index in [-0.39, 0.29) is 0 Å². The Morgan fingerprint density at radius 1 is 1.25 bits per heavy atom. The number of halogens is 1. The van der Waals surface area contributed by atoms with Gasteiger partial charge in [0.25, 0.3) is 11.7 Å². The molecule has 2 aromatic heterocycles. The molecule has 0 atom stereocenters. The van der Waals surface area contributed by atoms with E-state index in [0.29, 0.717) is 12.5 Å². The number of pyridine rings is 1. The van der Waals surface area contributed by atoms with Crippen molar-refractivity contribution in [2.24, 2.45) is 0 Å². The lowest BCUT2D eigenvalue weighted by atomic mass is 10.2. The van der Waals surface area contributed by atoms with E-state index in [2.05, 4.69) is 6.92 Å². The molecule has 6 heteroatoms. The van der Waals surface area contributed by atoms with Crippen LogP contribution < -0.4 is 9.57 Å². The van der Waals surface area contributed by atoms with Crippen LogP contribution in [0, 0.1) is 0 Å². The molecule has 0 saturated heterocycles. The Kier molecular flexibility index (Phi) is 5.41. The Hall–Kier alpha value is -2.01. The van der Waals surface area contributed by atoms with Crippen LogP contribution in [0.1, 0.15) is 38.4 Å². The molecule has 0 radical (unpaired) electrons. The van der Waals surface area contributed by atoms with Crippen molar-refractivity contribution in [3.8, 4) is 0 Å². The second-order valence-corrected chi connectivity index (χ2v) is 6.26. The van der Waals surface area contributed by atoms with E-state index in [1.807, 2.05) is 29.0 Å².